The molecule has 0 saturated carbocycles. The molecule has 0 aromatic carbocycles. The highest BCUT2D eigenvalue weighted by atomic mass is 127. The fourth-order valence-electron chi connectivity index (χ4n) is 2.67. The number of hydrogen-bond donors (Lipinski definition) is 2. The summed E-state index contributed by atoms with van der Waals surface area (Å²) in [5, 5.41) is 8.98. The van der Waals surface area contributed by atoms with Crippen molar-refractivity contribution in [1.29, 1.82) is 0 Å². The van der Waals surface area contributed by atoms with Crippen LogP contribution in [0.4, 0.5) is 0 Å². The van der Waals surface area contributed by atoms with Crippen LogP contribution in [0, 0.1) is 5.92 Å². The molecular weight excluding hydrogens is 407 g/mol. The molecule has 2 atom stereocenters. The van der Waals surface area contributed by atoms with Crippen molar-refractivity contribution in [3.8, 4) is 0 Å². The zero-order chi connectivity index (χ0) is 15.1. The molecule has 1 aromatic rings. The van der Waals surface area contributed by atoms with E-state index < -0.39 is 0 Å². The lowest BCUT2D eigenvalue weighted by molar-refractivity contribution is 0.394. The topological polar surface area (TPSA) is 39.7 Å². The van der Waals surface area contributed by atoms with E-state index in [0.717, 1.165) is 31.5 Å². The van der Waals surface area contributed by atoms with Crippen molar-refractivity contribution in [2.45, 2.75) is 26.2 Å². The molecule has 6 heteroatoms. The van der Waals surface area contributed by atoms with Crippen LogP contribution in [0.1, 0.15) is 31.1 Å². The minimum absolute atomic E-state index is 0. The summed E-state index contributed by atoms with van der Waals surface area (Å²) in [7, 11) is 2.20. The summed E-state index contributed by atoms with van der Waals surface area (Å²) in [4.78, 5) is 8.54. The number of nitrogens with zero attached hydrogens (tertiary/aromatic N) is 2. The monoisotopic (exact) mass is 436 g/mol. The molecule has 1 aromatic heterocycles. The molecule has 22 heavy (non-hydrogen) atoms. The molecule has 1 aliphatic heterocycles. The summed E-state index contributed by atoms with van der Waals surface area (Å²) in [5.41, 5.74) is 0. The van der Waals surface area contributed by atoms with Crippen molar-refractivity contribution in [3.05, 3.63) is 22.4 Å². The lowest BCUT2D eigenvalue weighted by Crippen LogP contribution is -2.40. The van der Waals surface area contributed by atoms with Crippen molar-refractivity contribution >= 4 is 41.3 Å². The molecule has 4 nitrogen and oxygen atoms in total. The molecule has 0 bridgehead atoms. The van der Waals surface area contributed by atoms with E-state index in [4.69, 9.17) is 4.99 Å². The summed E-state index contributed by atoms with van der Waals surface area (Å²) in [6, 6.07) is 4.31. The predicted octanol–water partition coefficient (Wildman–Crippen LogP) is 2.98. The van der Waals surface area contributed by atoms with E-state index in [0.29, 0.717) is 5.92 Å². The van der Waals surface area contributed by atoms with Gasteiger partial charge in [-0.3, -0.25) is 4.99 Å². The second kappa shape index (κ2) is 10.4. The van der Waals surface area contributed by atoms with Crippen molar-refractivity contribution in [2.75, 3.05) is 39.8 Å². The van der Waals surface area contributed by atoms with Crippen molar-refractivity contribution in [2.24, 2.45) is 10.9 Å². The van der Waals surface area contributed by atoms with Crippen LogP contribution in [0.25, 0.3) is 0 Å². The van der Waals surface area contributed by atoms with Gasteiger partial charge in [-0.2, -0.15) is 0 Å². The first-order valence-corrected chi connectivity index (χ1v) is 8.81. The minimum Gasteiger partial charge on any atom is -0.357 e. The minimum atomic E-state index is 0. The Bertz CT molecular complexity index is 435. The molecule has 0 amide bonds. The van der Waals surface area contributed by atoms with E-state index in [9.17, 15) is 0 Å². The van der Waals surface area contributed by atoms with Gasteiger partial charge in [0.1, 0.15) is 0 Å². The SMILES string of the molecule is CCNC(=NCC(C)c1cccs1)NCC1CCN(C)C1.I. The zero-order valence-electron chi connectivity index (χ0n) is 13.8. The maximum Gasteiger partial charge on any atom is 0.191 e. The van der Waals surface area contributed by atoms with Gasteiger partial charge in [0, 0.05) is 30.4 Å². The quantitative estimate of drug-likeness (QED) is 0.409. The van der Waals surface area contributed by atoms with Crippen LogP contribution in [0.5, 0.6) is 0 Å². The molecule has 0 radical (unpaired) electrons. The van der Waals surface area contributed by atoms with Gasteiger partial charge < -0.3 is 15.5 Å². The summed E-state index contributed by atoms with van der Waals surface area (Å²) in [5.74, 6) is 2.18. The van der Waals surface area contributed by atoms with E-state index in [-0.39, 0.29) is 24.0 Å². The Balaban J connectivity index is 0.00000242. The number of hydrogen-bond acceptors (Lipinski definition) is 3. The van der Waals surface area contributed by atoms with E-state index in [1.807, 2.05) is 11.3 Å². The van der Waals surface area contributed by atoms with Gasteiger partial charge in [-0.25, -0.2) is 0 Å². The Labute approximate surface area is 155 Å². The second-order valence-corrected chi connectivity index (χ2v) is 6.91. The molecule has 2 unspecified atom stereocenters. The average Bonchev–Trinajstić information content (AvgIpc) is 3.13. The Morgan fingerprint density at radius 2 is 2.32 bits per heavy atom. The first-order valence-electron chi connectivity index (χ1n) is 7.93. The first-order chi connectivity index (χ1) is 10.2. The third kappa shape index (κ3) is 6.42. The molecular formula is C16H29IN4S. The van der Waals surface area contributed by atoms with Gasteiger partial charge >= 0.3 is 0 Å². The number of aliphatic imine (C=N–C) groups is 1. The number of guanidine groups is 1. The van der Waals surface area contributed by atoms with E-state index in [1.54, 1.807) is 0 Å². The standard InChI is InChI=1S/C16H28N4S.HI/c1-4-17-16(19-11-14-7-8-20(3)12-14)18-10-13(2)15-6-5-9-21-15;/h5-6,9,13-14H,4,7-8,10-12H2,1-3H3,(H2,17,18,19);1H. The zero-order valence-corrected chi connectivity index (χ0v) is 17.0. The predicted molar refractivity (Wildman–Crippen MR) is 108 cm³/mol. The Morgan fingerprint density at radius 1 is 1.50 bits per heavy atom. The van der Waals surface area contributed by atoms with Gasteiger partial charge in [0.05, 0.1) is 6.54 Å². The van der Waals surface area contributed by atoms with Gasteiger partial charge in [0.15, 0.2) is 5.96 Å². The number of thiophene rings is 1. The van der Waals surface area contributed by atoms with E-state index in [2.05, 4.69) is 53.9 Å². The highest BCUT2D eigenvalue weighted by molar-refractivity contribution is 14.0. The Hall–Kier alpha value is -0.340. The molecule has 2 rings (SSSR count). The molecule has 1 saturated heterocycles. The number of likely N-dealkylation sites (tertiary alicyclic amines) is 1. The molecule has 0 aliphatic carbocycles. The average molecular weight is 436 g/mol. The molecule has 2 N–H and O–H groups in total. The molecule has 1 aliphatic rings. The Morgan fingerprint density at radius 3 is 2.91 bits per heavy atom. The van der Waals surface area contributed by atoms with Gasteiger partial charge in [0.2, 0.25) is 0 Å². The smallest absolute Gasteiger partial charge is 0.191 e. The van der Waals surface area contributed by atoms with Gasteiger partial charge in [-0.1, -0.05) is 13.0 Å². The van der Waals surface area contributed by atoms with Gasteiger partial charge in [0.25, 0.3) is 0 Å². The largest absolute Gasteiger partial charge is 0.357 e. The van der Waals surface area contributed by atoms with E-state index >= 15 is 0 Å². The van der Waals surface area contributed by atoms with Crippen LogP contribution in [0.3, 0.4) is 0 Å². The van der Waals surface area contributed by atoms with Gasteiger partial charge in [-0.15, -0.1) is 35.3 Å². The summed E-state index contributed by atoms with van der Waals surface area (Å²) < 4.78 is 0. The lowest BCUT2D eigenvalue weighted by atomic mass is 10.1. The lowest BCUT2D eigenvalue weighted by Gasteiger charge is -2.16. The maximum atomic E-state index is 4.74. The number of halogens is 1. The fraction of sp³-hybridized carbons (Fsp3) is 0.688. The first kappa shape index (κ1) is 19.7. The van der Waals surface area contributed by atoms with Gasteiger partial charge in [-0.05, 0) is 44.3 Å². The van der Waals surface area contributed by atoms with Crippen LogP contribution in [0.15, 0.2) is 22.5 Å². The third-order valence-electron chi connectivity index (χ3n) is 3.94. The Kier molecular flexibility index (Phi) is 9.35. The van der Waals surface area contributed by atoms with Crippen molar-refractivity contribution < 1.29 is 0 Å². The van der Waals surface area contributed by atoms with Crippen LogP contribution >= 0.6 is 35.3 Å². The molecule has 2 heterocycles. The second-order valence-electron chi connectivity index (χ2n) is 5.93. The highest BCUT2D eigenvalue weighted by Crippen LogP contribution is 2.20. The van der Waals surface area contributed by atoms with Crippen molar-refractivity contribution in [3.63, 3.8) is 0 Å². The normalized spacial score (nSPS) is 20.5. The maximum absolute atomic E-state index is 4.74. The van der Waals surface area contributed by atoms with Crippen LogP contribution in [-0.4, -0.2) is 50.6 Å². The number of rotatable bonds is 6. The summed E-state index contributed by atoms with van der Waals surface area (Å²) in [6.45, 7) is 9.52. The molecule has 126 valence electrons. The van der Waals surface area contributed by atoms with E-state index in [1.165, 1.54) is 24.4 Å². The van der Waals surface area contributed by atoms with Crippen molar-refractivity contribution in [1.82, 2.24) is 15.5 Å². The third-order valence-corrected chi connectivity index (χ3v) is 5.05. The summed E-state index contributed by atoms with van der Waals surface area (Å²) >= 11 is 1.81. The number of nitrogens with one attached hydrogen (secondary N) is 2. The fourth-order valence-corrected chi connectivity index (χ4v) is 3.44. The highest BCUT2D eigenvalue weighted by Gasteiger charge is 2.19. The molecule has 0 spiro atoms. The summed E-state index contributed by atoms with van der Waals surface area (Å²) in [6.07, 6.45) is 1.29. The van der Waals surface area contributed by atoms with Crippen LogP contribution < -0.4 is 10.6 Å². The van der Waals surface area contributed by atoms with Crippen LogP contribution in [0.2, 0.25) is 0 Å². The molecule has 1 fully saturated rings. The van der Waals surface area contributed by atoms with Crippen LogP contribution in [-0.2, 0) is 0 Å².